The maximum absolute atomic E-state index is 14.0. The molecule has 2 aliphatic rings. The minimum Gasteiger partial charge on any atom is -0.378 e. The van der Waals surface area contributed by atoms with Crippen LogP contribution in [0.15, 0.2) is 29.3 Å². The molecule has 13 heteroatoms. The summed E-state index contributed by atoms with van der Waals surface area (Å²) in [6.07, 6.45) is -1.56. The molecule has 4 heterocycles. The molecule has 2 aliphatic heterocycles. The van der Waals surface area contributed by atoms with Crippen LogP contribution in [-0.2, 0) is 34.7 Å². The molecule has 0 saturated carbocycles. The van der Waals surface area contributed by atoms with Crippen molar-refractivity contribution in [3.05, 3.63) is 46.1 Å². The van der Waals surface area contributed by atoms with Gasteiger partial charge in [0.15, 0.2) is 0 Å². The van der Waals surface area contributed by atoms with Gasteiger partial charge in [0.25, 0.3) is 0 Å². The van der Waals surface area contributed by atoms with E-state index in [9.17, 15) is 17.4 Å². The van der Waals surface area contributed by atoms with Crippen molar-refractivity contribution in [2.75, 3.05) is 49.3 Å². The number of hydrogen-bond donors (Lipinski definition) is 2. The number of fused-ring (bicyclic) bond motifs is 1. The maximum Gasteiger partial charge on any atom is 0.420 e. The van der Waals surface area contributed by atoms with E-state index in [2.05, 4.69) is 20.6 Å². The van der Waals surface area contributed by atoms with E-state index in [1.165, 1.54) is 12.3 Å². The van der Waals surface area contributed by atoms with Gasteiger partial charge in [0.2, 0.25) is 5.95 Å². The van der Waals surface area contributed by atoms with Gasteiger partial charge in [-0.25, -0.2) is 9.97 Å². The molecule has 1 unspecified atom stereocenters. The zero-order valence-electron chi connectivity index (χ0n) is 19.2. The van der Waals surface area contributed by atoms with Crippen molar-refractivity contribution in [2.45, 2.75) is 24.0 Å². The number of alkyl halides is 3. The molecule has 3 aromatic rings. The molecule has 1 atom stereocenters. The first kappa shape index (κ1) is 25.4. The lowest BCUT2D eigenvalue weighted by Gasteiger charge is -2.28. The largest absolute Gasteiger partial charge is 0.420 e. The molecule has 0 amide bonds. The molecule has 0 bridgehead atoms. The van der Waals surface area contributed by atoms with Gasteiger partial charge in [-0.3, -0.25) is 4.21 Å². The molecule has 192 valence electrons. The monoisotopic (exact) mass is 557 g/mol. The van der Waals surface area contributed by atoms with Crippen LogP contribution < -0.4 is 15.5 Å². The summed E-state index contributed by atoms with van der Waals surface area (Å²) in [6, 6.07) is 5.26. The quantitative estimate of drug-likeness (QED) is 0.465. The third-order valence-electron chi connectivity index (χ3n) is 6.04. The van der Waals surface area contributed by atoms with E-state index < -0.39 is 22.5 Å². The molecule has 36 heavy (non-hydrogen) atoms. The van der Waals surface area contributed by atoms with Gasteiger partial charge >= 0.3 is 6.18 Å². The van der Waals surface area contributed by atoms with Gasteiger partial charge in [0, 0.05) is 32.1 Å². The van der Waals surface area contributed by atoms with Gasteiger partial charge in [-0.05, 0) is 42.3 Å². The summed E-state index contributed by atoms with van der Waals surface area (Å²) in [5, 5.41) is 7.37. The van der Waals surface area contributed by atoms with Crippen molar-refractivity contribution in [3.63, 3.8) is 0 Å². The van der Waals surface area contributed by atoms with Crippen LogP contribution >= 0.6 is 22.9 Å². The molecule has 0 radical (unpaired) electrons. The highest BCUT2D eigenvalue weighted by molar-refractivity contribution is 7.84. The highest BCUT2D eigenvalue weighted by Gasteiger charge is 2.36. The third-order valence-corrected chi connectivity index (χ3v) is 8.61. The SMILES string of the molecule is CS(=O)c1cc(-c2nc(Nc3cc4c(cc3Cl)CNCC4)ncc2C(F)(F)F)sc1N1CCOCC1. The van der Waals surface area contributed by atoms with Crippen LogP contribution in [0.25, 0.3) is 10.6 Å². The zero-order valence-corrected chi connectivity index (χ0v) is 21.6. The smallest absolute Gasteiger partial charge is 0.378 e. The average molecular weight is 558 g/mol. The lowest BCUT2D eigenvalue weighted by molar-refractivity contribution is -0.137. The number of benzene rings is 1. The van der Waals surface area contributed by atoms with Gasteiger partial charge in [0.1, 0.15) is 10.6 Å². The van der Waals surface area contributed by atoms with E-state index in [-0.39, 0.29) is 16.5 Å². The number of nitrogens with zero attached hydrogens (tertiary/aromatic N) is 3. The Kier molecular flexibility index (Phi) is 7.23. The summed E-state index contributed by atoms with van der Waals surface area (Å²) in [4.78, 5) is 10.9. The van der Waals surface area contributed by atoms with Crippen molar-refractivity contribution in [3.8, 4) is 10.6 Å². The molecule has 2 aromatic heterocycles. The van der Waals surface area contributed by atoms with E-state index in [0.717, 1.165) is 41.6 Å². The summed E-state index contributed by atoms with van der Waals surface area (Å²) < 4.78 is 59.7. The molecule has 0 aliphatic carbocycles. The topological polar surface area (TPSA) is 79.4 Å². The molecular formula is C23H23ClF3N5O2S2. The Morgan fingerprint density at radius 3 is 2.72 bits per heavy atom. The Balaban J connectivity index is 1.56. The number of morpholine rings is 1. The van der Waals surface area contributed by atoms with E-state index in [0.29, 0.717) is 53.5 Å². The number of rotatable bonds is 5. The van der Waals surface area contributed by atoms with Crippen LogP contribution in [0.5, 0.6) is 0 Å². The normalized spacial score (nSPS) is 17.1. The highest BCUT2D eigenvalue weighted by atomic mass is 35.5. The predicted molar refractivity (Wildman–Crippen MR) is 136 cm³/mol. The van der Waals surface area contributed by atoms with Crippen molar-refractivity contribution in [1.82, 2.24) is 15.3 Å². The van der Waals surface area contributed by atoms with Gasteiger partial charge in [-0.1, -0.05) is 11.6 Å². The van der Waals surface area contributed by atoms with Crippen molar-refractivity contribution in [2.24, 2.45) is 0 Å². The third kappa shape index (κ3) is 5.23. The van der Waals surface area contributed by atoms with Crippen LogP contribution in [0.1, 0.15) is 16.7 Å². The molecule has 2 N–H and O–H groups in total. The summed E-state index contributed by atoms with van der Waals surface area (Å²) in [6.45, 7) is 3.67. The van der Waals surface area contributed by atoms with Crippen LogP contribution in [0, 0.1) is 0 Å². The van der Waals surface area contributed by atoms with E-state index in [1.54, 1.807) is 0 Å². The number of nitrogens with one attached hydrogen (secondary N) is 2. The van der Waals surface area contributed by atoms with E-state index in [1.807, 2.05) is 17.0 Å². The molecule has 0 spiro atoms. The second-order valence-corrected chi connectivity index (χ2v) is 11.2. The van der Waals surface area contributed by atoms with Gasteiger partial charge in [-0.2, -0.15) is 13.2 Å². The maximum atomic E-state index is 14.0. The highest BCUT2D eigenvalue weighted by Crippen LogP contribution is 2.44. The Labute approximate surface area is 217 Å². The zero-order chi connectivity index (χ0) is 25.4. The Morgan fingerprint density at radius 2 is 2.00 bits per heavy atom. The van der Waals surface area contributed by atoms with Gasteiger partial charge < -0.3 is 20.3 Å². The molecule has 7 nitrogen and oxygen atoms in total. The molecule has 1 aromatic carbocycles. The second kappa shape index (κ2) is 10.3. The summed E-state index contributed by atoms with van der Waals surface area (Å²) in [5.41, 5.74) is 1.49. The lowest BCUT2D eigenvalue weighted by atomic mass is 10.0. The Hall–Kier alpha value is -2.25. The van der Waals surface area contributed by atoms with E-state index >= 15 is 0 Å². The molecular weight excluding hydrogens is 535 g/mol. The number of ether oxygens (including phenoxy) is 1. The first-order valence-electron chi connectivity index (χ1n) is 11.2. The standard InChI is InChI=1S/C23H23ClF3N5O2S2/c1-36(33)19-10-18(35-21(19)32-4-6-34-7-5-32)20-15(23(25,26)27)12-29-22(31-20)30-17-9-13-2-3-28-11-14(13)8-16(17)24/h8-10,12,28H,2-7,11H2,1H3,(H,29,30,31). The van der Waals surface area contributed by atoms with Crippen LogP contribution in [0.4, 0.5) is 29.8 Å². The first-order chi connectivity index (χ1) is 17.2. The van der Waals surface area contributed by atoms with Gasteiger partial charge in [0.05, 0.1) is 50.2 Å². The molecule has 1 saturated heterocycles. The minimum atomic E-state index is -4.67. The van der Waals surface area contributed by atoms with Crippen molar-refractivity contribution < 1.29 is 22.1 Å². The summed E-state index contributed by atoms with van der Waals surface area (Å²) >= 11 is 7.58. The minimum absolute atomic E-state index is 0.00530. The predicted octanol–water partition coefficient (Wildman–Crippen LogP) is 4.84. The number of thiophene rings is 1. The number of anilines is 3. The number of hydrogen-bond acceptors (Lipinski definition) is 8. The Morgan fingerprint density at radius 1 is 1.22 bits per heavy atom. The van der Waals surface area contributed by atoms with Gasteiger partial charge in [-0.15, -0.1) is 11.3 Å². The molecule has 1 fully saturated rings. The van der Waals surface area contributed by atoms with Crippen molar-refractivity contribution in [1.29, 1.82) is 0 Å². The number of aromatic nitrogens is 2. The summed E-state index contributed by atoms with van der Waals surface area (Å²) in [7, 11) is -1.40. The fourth-order valence-corrected chi connectivity index (χ4v) is 6.78. The van der Waals surface area contributed by atoms with Crippen molar-refractivity contribution >= 4 is 50.4 Å². The average Bonchev–Trinajstić information content (AvgIpc) is 3.30. The van der Waals surface area contributed by atoms with Crippen LogP contribution in [0.3, 0.4) is 0 Å². The fraction of sp³-hybridized carbons (Fsp3) is 0.391. The van der Waals surface area contributed by atoms with Crippen LogP contribution in [0.2, 0.25) is 5.02 Å². The fourth-order valence-electron chi connectivity index (χ4n) is 4.23. The Bertz CT molecular complexity index is 1310. The first-order valence-corrected chi connectivity index (χ1v) is 14.0. The van der Waals surface area contributed by atoms with Crippen LogP contribution in [-0.4, -0.2) is 53.3 Å². The summed E-state index contributed by atoms with van der Waals surface area (Å²) in [5.74, 6) is -0.00530. The second-order valence-electron chi connectivity index (χ2n) is 8.44. The number of halogens is 4. The lowest BCUT2D eigenvalue weighted by Crippen LogP contribution is -2.36. The van der Waals surface area contributed by atoms with E-state index in [4.69, 9.17) is 16.3 Å². The molecule has 5 rings (SSSR count).